The van der Waals surface area contributed by atoms with Gasteiger partial charge in [0.1, 0.15) is 5.60 Å². The van der Waals surface area contributed by atoms with Gasteiger partial charge in [0.25, 0.3) is 0 Å². The number of hydrogen-bond acceptors (Lipinski definition) is 3. The maximum atomic E-state index is 12.2. The fourth-order valence-corrected chi connectivity index (χ4v) is 2.86. The number of nitrogens with one attached hydrogen (secondary N) is 1. The van der Waals surface area contributed by atoms with Crippen molar-refractivity contribution in [1.82, 2.24) is 4.90 Å². The molecule has 1 aliphatic heterocycles. The van der Waals surface area contributed by atoms with Gasteiger partial charge in [-0.2, -0.15) is 0 Å². The summed E-state index contributed by atoms with van der Waals surface area (Å²) in [6.45, 7) is 6.82. The predicted molar refractivity (Wildman–Crippen MR) is 95.2 cm³/mol. The van der Waals surface area contributed by atoms with Gasteiger partial charge in [0.2, 0.25) is 5.91 Å². The maximum Gasteiger partial charge on any atom is 0.410 e. The maximum absolute atomic E-state index is 12.2. The number of nitrogens with zero attached hydrogens (tertiary/aromatic N) is 1. The summed E-state index contributed by atoms with van der Waals surface area (Å²) in [5.74, 6) is 0.227. The number of piperidine rings is 1. The summed E-state index contributed by atoms with van der Waals surface area (Å²) in [6.07, 6.45) is 1.76. The number of benzene rings is 1. The van der Waals surface area contributed by atoms with Gasteiger partial charge < -0.3 is 15.0 Å². The Morgan fingerprint density at radius 3 is 2.46 bits per heavy atom. The van der Waals surface area contributed by atoms with Crippen molar-refractivity contribution in [2.24, 2.45) is 5.92 Å². The largest absolute Gasteiger partial charge is 0.444 e. The van der Waals surface area contributed by atoms with Gasteiger partial charge in [0.05, 0.1) is 10.7 Å². The van der Waals surface area contributed by atoms with E-state index in [1.165, 1.54) is 0 Å². The Morgan fingerprint density at radius 2 is 1.88 bits per heavy atom. The highest BCUT2D eigenvalue weighted by atomic mass is 35.5. The number of carbonyl (C=O) groups is 2. The van der Waals surface area contributed by atoms with Crippen LogP contribution < -0.4 is 5.32 Å². The van der Waals surface area contributed by atoms with E-state index in [0.717, 1.165) is 12.8 Å². The molecule has 2 rings (SSSR count). The first kappa shape index (κ1) is 18.6. The minimum absolute atomic E-state index is 0.0428. The second-order valence-electron chi connectivity index (χ2n) is 7.14. The summed E-state index contributed by atoms with van der Waals surface area (Å²) >= 11 is 6.04. The number of anilines is 1. The lowest BCUT2D eigenvalue weighted by Crippen LogP contribution is -2.42. The van der Waals surface area contributed by atoms with Crippen molar-refractivity contribution in [1.29, 1.82) is 0 Å². The Hall–Kier alpha value is -1.75. The molecule has 2 amide bonds. The van der Waals surface area contributed by atoms with Crippen LogP contribution in [0.3, 0.4) is 0 Å². The molecule has 132 valence electrons. The van der Waals surface area contributed by atoms with Crippen LogP contribution in [-0.2, 0) is 9.53 Å². The Kier molecular flexibility index (Phi) is 6.10. The number of hydrogen-bond donors (Lipinski definition) is 1. The monoisotopic (exact) mass is 352 g/mol. The fraction of sp³-hybridized carbons (Fsp3) is 0.556. The van der Waals surface area contributed by atoms with Crippen LogP contribution in [0.4, 0.5) is 10.5 Å². The summed E-state index contributed by atoms with van der Waals surface area (Å²) in [5, 5.41) is 3.38. The topological polar surface area (TPSA) is 58.6 Å². The number of rotatable bonds is 3. The molecule has 1 aromatic rings. The Bertz CT molecular complexity index is 590. The van der Waals surface area contributed by atoms with Crippen molar-refractivity contribution in [2.75, 3.05) is 18.4 Å². The van der Waals surface area contributed by atoms with E-state index in [9.17, 15) is 9.59 Å². The van der Waals surface area contributed by atoms with Crippen LogP contribution in [0.15, 0.2) is 24.3 Å². The first-order chi connectivity index (χ1) is 11.2. The van der Waals surface area contributed by atoms with E-state index in [1.807, 2.05) is 32.9 Å². The lowest BCUT2D eigenvalue weighted by Gasteiger charge is -2.33. The molecule has 5 nitrogen and oxygen atoms in total. The molecule has 0 unspecified atom stereocenters. The highest BCUT2D eigenvalue weighted by Gasteiger charge is 2.27. The number of likely N-dealkylation sites (tertiary alicyclic amines) is 1. The molecular formula is C18H25ClN2O3. The average Bonchev–Trinajstić information content (AvgIpc) is 2.48. The van der Waals surface area contributed by atoms with Crippen LogP contribution >= 0.6 is 11.6 Å². The first-order valence-corrected chi connectivity index (χ1v) is 8.65. The zero-order valence-electron chi connectivity index (χ0n) is 14.5. The van der Waals surface area contributed by atoms with Crippen LogP contribution in [0.1, 0.15) is 40.0 Å². The molecule has 0 aromatic heterocycles. The van der Waals surface area contributed by atoms with E-state index in [0.29, 0.717) is 30.2 Å². The molecule has 0 saturated carbocycles. The molecule has 0 spiro atoms. The van der Waals surface area contributed by atoms with Crippen molar-refractivity contribution in [2.45, 2.75) is 45.6 Å². The van der Waals surface area contributed by atoms with Crippen molar-refractivity contribution in [3.05, 3.63) is 29.3 Å². The van der Waals surface area contributed by atoms with Crippen LogP contribution in [0, 0.1) is 5.92 Å². The average molecular weight is 353 g/mol. The second-order valence-corrected chi connectivity index (χ2v) is 7.55. The highest BCUT2D eigenvalue weighted by molar-refractivity contribution is 6.33. The third-order valence-electron chi connectivity index (χ3n) is 3.89. The molecule has 1 heterocycles. The van der Waals surface area contributed by atoms with E-state index in [4.69, 9.17) is 16.3 Å². The minimum atomic E-state index is -0.483. The molecule has 1 N–H and O–H groups in total. The van der Waals surface area contributed by atoms with Gasteiger partial charge in [-0.25, -0.2) is 4.79 Å². The number of halogens is 1. The number of amides is 2. The third-order valence-corrected chi connectivity index (χ3v) is 4.22. The molecule has 0 bridgehead atoms. The van der Waals surface area contributed by atoms with Gasteiger partial charge in [-0.1, -0.05) is 23.7 Å². The van der Waals surface area contributed by atoms with Gasteiger partial charge in [0.15, 0.2) is 0 Å². The molecule has 0 atom stereocenters. The summed E-state index contributed by atoms with van der Waals surface area (Å²) in [6, 6.07) is 7.19. The van der Waals surface area contributed by atoms with Crippen LogP contribution in [0.25, 0.3) is 0 Å². The Balaban J connectivity index is 1.77. The molecule has 24 heavy (non-hydrogen) atoms. The van der Waals surface area contributed by atoms with Crippen LogP contribution in [0.2, 0.25) is 5.02 Å². The van der Waals surface area contributed by atoms with Crippen molar-refractivity contribution >= 4 is 29.3 Å². The molecule has 1 saturated heterocycles. The van der Waals surface area contributed by atoms with Crippen LogP contribution in [0.5, 0.6) is 0 Å². The van der Waals surface area contributed by atoms with Gasteiger partial charge >= 0.3 is 6.09 Å². The summed E-state index contributed by atoms with van der Waals surface area (Å²) < 4.78 is 5.38. The SMILES string of the molecule is CC(C)(C)OC(=O)N1CCC(CC(=O)Nc2ccccc2Cl)CC1. The number of carbonyl (C=O) groups excluding carboxylic acids is 2. The minimum Gasteiger partial charge on any atom is -0.444 e. The standard InChI is InChI=1S/C18H25ClN2O3/c1-18(2,3)24-17(23)21-10-8-13(9-11-21)12-16(22)20-15-7-5-4-6-14(15)19/h4-7,13H,8-12H2,1-3H3,(H,20,22). The van der Waals surface area contributed by atoms with E-state index in [1.54, 1.807) is 17.0 Å². The highest BCUT2D eigenvalue weighted by Crippen LogP contribution is 2.24. The van der Waals surface area contributed by atoms with E-state index >= 15 is 0 Å². The van der Waals surface area contributed by atoms with E-state index < -0.39 is 5.60 Å². The number of para-hydroxylation sites is 1. The van der Waals surface area contributed by atoms with Crippen molar-refractivity contribution in [3.8, 4) is 0 Å². The molecule has 1 aliphatic rings. The Labute approximate surface area is 148 Å². The lowest BCUT2D eigenvalue weighted by molar-refractivity contribution is -0.117. The summed E-state index contributed by atoms with van der Waals surface area (Å²) in [4.78, 5) is 25.9. The zero-order valence-corrected chi connectivity index (χ0v) is 15.2. The van der Waals surface area contributed by atoms with Gasteiger partial charge in [-0.05, 0) is 51.7 Å². The molecular weight excluding hydrogens is 328 g/mol. The molecule has 6 heteroatoms. The molecule has 0 radical (unpaired) electrons. The smallest absolute Gasteiger partial charge is 0.410 e. The molecule has 0 aliphatic carbocycles. The molecule has 1 fully saturated rings. The number of ether oxygens (including phenoxy) is 1. The third kappa shape index (κ3) is 5.71. The van der Waals surface area contributed by atoms with Crippen molar-refractivity contribution < 1.29 is 14.3 Å². The normalized spacial score (nSPS) is 15.9. The first-order valence-electron chi connectivity index (χ1n) is 8.27. The fourth-order valence-electron chi connectivity index (χ4n) is 2.67. The second kappa shape index (κ2) is 7.88. The van der Waals surface area contributed by atoms with Crippen LogP contribution in [-0.4, -0.2) is 35.6 Å². The lowest BCUT2D eigenvalue weighted by atomic mass is 9.93. The summed E-state index contributed by atoms with van der Waals surface area (Å²) in [7, 11) is 0. The van der Waals surface area contributed by atoms with E-state index in [2.05, 4.69) is 5.32 Å². The quantitative estimate of drug-likeness (QED) is 0.881. The predicted octanol–water partition coefficient (Wildman–Crippen LogP) is 4.32. The summed E-state index contributed by atoms with van der Waals surface area (Å²) in [5.41, 5.74) is 0.151. The van der Waals surface area contributed by atoms with E-state index in [-0.39, 0.29) is 17.9 Å². The van der Waals surface area contributed by atoms with Crippen molar-refractivity contribution in [3.63, 3.8) is 0 Å². The van der Waals surface area contributed by atoms with Gasteiger partial charge in [-0.15, -0.1) is 0 Å². The zero-order chi connectivity index (χ0) is 17.7. The molecule has 1 aromatic carbocycles. The van der Waals surface area contributed by atoms with Gasteiger partial charge in [0, 0.05) is 19.5 Å². The van der Waals surface area contributed by atoms with Gasteiger partial charge in [-0.3, -0.25) is 4.79 Å². The Morgan fingerprint density at radius 1 is 1.25 bits per heavy atom.